The van der Waals surface area contributed by atoms with Crippen LogP contribution >= 0.6 is 27.5 Å². The van der Waals surface area contributed by atoms with E-state index in [1.165, 1.54) is 21.4 Å². The number of anilines is 1. The van der Waals surface area contributed by atoms with Crippen LogP contribution < -0.4 is 16.0 Å². The van der Waals surface area contributed by atoms with Crippen LogP contribution in [0.5, 0.6) is 0 Å². The van der Waals surface area contributed by atoms with Gasteiger partial charge in [0, 0.05) is 17.1 Å². The van der Waals surface area contributed by atoms with Crippen LogP contribution in [0.1, 0.15) is 23.9 Å². The van der Waals surface area contributed by atoms with E-state index in [-0.39, 0.29) is 63.6 Å². The highest BCUT2D eigenvalue weighted by Crippen LogP contribution is 2.36. The number of hydrogen-bond acceptors (Lipinski definition) is 6. The Labute approximate surface area is 251 Å². The first-order valence-corrected chi connectivity index (χ1v) is 15.6. The number of nitrogens with zero attached hydrogens (tertiary/aromatic N) is 4. The van der Waals surface area contributed by atoms with Crippen LogP contribution in [0, 0.1) is 11.6 Å². The molecule has 0 amide bonds. The molecule has 0 spiro atoms. The van der Waals surface area contributed by atoms with Crippen molar-refractivity contribution in [2.24, 2.45) is 5.73 Å². The van der Waals surface area contributed by atoms with Crippen molar-refractivity contribution >= 4 is 65.2 Å². The Balaban J connectivity index is 1.83. The van der Waals surface area contributed by atoms with E-state index in [1.807, 2.05) is 0 Å². The second-order valence-corrected chi connectivity index (χ2v) is 12.7. The summed E-state index contributed by atoms with van der Waals surface area (Å²) in [7, 11) is -3.80. The van der Waals surface area contributed by atoms with Gasteiger partial charge >= 0.3 is 0 Å². The van der Waals surface area contributed by atoms with E-state index in [9.17, 15) is 26.4 Å². The molecule has 0 fully saturated rings. The molecule has 0 aliphatic heterocycles. The molecule has 15 heteroatoms. The highest BCUT2D eigenvalue weighted by atomic mass is 79.9. The summed E-state index contributed by atoms with van der Waals surface area (Å²) in [5, 5.41) is 4.88. The van der Waals surface area contributed by atoms with Gasteiger partial charge in [-0.1, -0.05) is 27.5 Å². The summed E-state index contributed by atoms with van der Waals surface area (Å²) >= 11 is 9.90. The van der Waals surface area contributed by atoms with Crippen molar-refractivity contribution < 1.29 is 21.6 Å². The zero-order valence-electron chi connectivity index (χ0n) is 21.9. The predicted molar refractivity (Wildman–Crippen MR) is 159 cm³/mol. The Kier molecular flexibility index (Phi) is 8.34. The summed E-state index contributed by atoms with van der Waals surface area (Å²) in [5.74, 6) is -1.63. The molecule has 0 aliphatic carbocycles. The topological polar surface area (TPSA) is 125 Å². The van der Waals surface area contributed by atoms with Gasteiger partial charge in [0.1, 0.15) is 17.5 Å². The Morgan fingerprint density at radius 3 is 2.50 bits per heavy atom. The predicted octanol–water partition coefficient (Wildman–Crippen LogP) is 5.40. The van der Waals surface area contributed by atoms with E-state index >= 15 is 0 Å². The lowest BCUT2D eigenvalue weighted by Crippen LogP contribution is -2.30. The highest BCUT2D eigenvalue weighted by Gasteiger charge is 2.25. The number of aryl methyl sites for hydroxylation is 1. The summed E-state index contributed by atoms with van der Waals surface area (Å²) in [6, 6.07) is 9.84. The second-order valence-electron chi connectivity index (χ2n) is 9.64. The molecule has 0 bridgehead atoms. The van der Waals surface area contributed by atoms with Crippen molar-refractivity contribution in [3.63, 3.8) is 0 Å². The van der Waals surface area contributed by atoms with Crippen LogP contribution in [0.25, 0.3) is 27.5 Å². The molecule has 220 valence electrons. The number of nitrogens with two attached hydrogens (primary N) is 1. The number of fused-ring (bicyclic) bond motifs is 2. The molecule has 2 aromatic heterocycles. The average molecular weight is 684 g/mol. The van der Waals surface area contributed by atoms with Crippen LogP contribution in [-0.4, -0.2) is 40.7 Å². The van der Waals surface area contributed by atoms with Gasteiger partial charge in [0.2, 0.25) is 10.0 Å². The van der Waals surface area contributed by atoms with Gasteiger partial charge in [-0.3, -0.25) is 23.2 Å². The molecule has 5 rings (SSSR count). The van der Waals surface area contributed by atoms with E-state index < -0.39 is 39.9 Å². The number of hydrogen-bond donors (Lipinski definition) is 2. The SMILES string of the molecule is CS(=O)(=O)Nc1nn(CCCF)c2c(-n3c([C@@H](N)Cc4cc(F)cc(F)c4)nc4cc(Br)ccc4c3=O)ccc(Cl)c12. The van der Waals surface area contributed by atoms with Crippen LogP contribution in [0.4, 0.5) is 19.0 Å². The van der Waals surface area contributed by atoms with Gasteiger partial charge in [0.25, 0.3) is 5.56 Å². The third kappa shape index (κ3) is 6.02. The molecule has 1 atom stereocenters. The summed E-state index contributed by atoms with van der Waals surface area (Å²) in [4.78, 5) is 18.8. The lowest BCUT2D eigenvalue weighted by molar-refractivity contribution is 0.439. The van der Waals surface area contributed by atoms with E-state index in [1.54, 1.807) is 18.2 Å². The van der Waals surface area contributed by atoms with Crippen molar-refractivity contribution in [1.82, 2.24) is 19.3 Å². The molecule has 42 heavy (non-hydrogen) atoms. The van der Waals surface area contributed by atoms with Gasteiger partial charge in [-0.2, -0.15) is 5.10 Å². The lowest BCUT2D eigenvalue weighted by Gasteiger charge is -2.20. The standard InChI is InChI=1S/C27H23BrClF3N6O3S/c1-42(40,41)36-25-23-19(29)5-6-22(24(23)37(35-25)8-2-7-30)38-26(20(33)11-14-9-16(31)13-17(32)10-14)34-21-12-15(28)3-4-18(21)27(38)39/h3-6,9-10,12-13,20H,2,7-8,11,33H2,1H3,(H,35,36)/t20-/m0/s1. The molecule has 5 aromatic rings. The van der Waals surface area contributed by atoms with Gasteiger partial charge in [0.05, 0.1) is 51.5 Å². The maximum absolute atomic E-state index is 14.1. The number of sulfonamides is 1. The van der Waals surface area contributed by atoms with Crippen molar-refractivity contribution in [1.29, 1.82) is 0 Å². The Bertz CT molecular complexity index is 2000. The molecule has 0 aliphatic rings. The van der Waals surface area contributed by atoms with Crippen LogP contribution in [0.3, 0.4) is 0 Å². The number of benzene rings is 3. The number of aromatic nitrogens is 4. The molecule has 0 radical (unpaired) electrons. The smallest absolute Gasteiger partial charge is 0.266 e. The zero-order chi connectivity index (χ0) is 30.3. The van der Waals surface area contributed by atoms with E-state index in [4.69, 9.17) is 17.3 Å². The normalized spacial score (nSPS) is 12.7. The molecule has 0 saturated carbocycles. The summed E-state index contributed by atoms with van der Waals surface area (Å²) in [6.45, 7) is -0.656. The maximum Gasteiger partial charge on any atom is 0.266 e. The number of rotatable bonds is 9. The third-order valence-corrected chi connectivity index (χ3v) is 7.79. The fourth-order valence-electron chi connectivity index (χ4n) is 4.79. The van der Waals surface area contributed by atoms with Crippen LogP contribution in [0.2, 0.25) is 5.02 Å². The first-order chi connectivity index (χ1) is 19.9. The number of alkyl halides is 1. The first kappa shape index (κ1) is 30.0. The lowest BCUT2D eigenvalue weighted by atomic mass is 10.0. The van der Waals surface area contributed by atoms with Crippen molar-refractivity contribution in [3.05, 3.63) is 91.4 Å². The molecule has 3 N–H and O–H groups in total. The highest BCUT2D eigenvalue weighted by molar-refractivity contribution is 9.10. The minimum Gasteiger partial charge on any atom is -0.321 e. The van der Waals surface area contributed by atoms with Gasteiger partial charge in [0.15, 0.2) is 5.82 Å². The zero-order valence-corrected chi connectivity index (χ0v) is 25.1. The van der Waals surface area contributed by atoms with Crippen molar-refractivity contribution in [3.8, 4) is 5.69 Å². The average Bonchev–Trinajstić information content (AvgIpc) is 3.24. The van der Waals surface area contributed by atoms with E-state index in [0.717, 1.165) is 24.5 Å². The quantitative estimate of drug-likeness (QED) is 0.214. The summed E-state index contributed by atoms with van der Waals surface area (Å²) in [5.41, 5.74) is 7.03. The minimum absolute atomic E-state index is 0.0262. The molecule has 0 unspecified atom stereocenters. The van der Waals surface area contributed by atoms with Crippen LogP contribution in [-0.2, 0) is 23.0 Å². The summed E-state index contributed by atoms with van der Waals surface area (Å²) < 4.78 is 71.0. The Morgan fingerprint density at radius 2 is 1.83 bits per heavy atom. The van der Waals surface area contributed by atoms with Gasteiger partial charge < -0.3 is 5.73 Å². The molecule has 9 nitrogen and oxygen atoms in total. The Morgan fingerprint density at radius 1 is 1.12 bits per heavy atom. The molecule has 2 heterocycles. The van der Waals surface area contributed by atoms with Gasteiger partial charge in [-0.05, 0) is 60.9 Å². The van der Waals surface area contributed by atoms with E-state index in [2.05, 4.69) is 30.7 Å². The van der Waals surface area contributed by atoms with E-state index in [0.29, 0.717) is 9.99 Å². The second kappa shape index (κ2) is 11.7. The van der Waals surface area contributed by atoms with Crippen molar-refractivity contribution in [2.45, 2.75) is 25.4 Å². The number of nitrogens with one attached hydrogen (secondary N) is 1. The molecule has 0 saturated heterocycles. The minimum atomic E-state index is -3.80. The first-order valence-electron chi connectivity index (χ1n) is 12.5. The Hall–Kier alpha value is -3.46. The molecule has 3 aromatic carbocycles. The third-order valence-electron chi connectivity index (χ3n) is 6.41. The largest absolute Gasteiger partial charge is 0.321 e. The van der Waals surface area contributed by atoms with Crippen molar-refractivity contribution in [2.75, 3.05) is 17.7 Å². The maximum atomic E-state index is 14.1. The fourth-order valence-corrected chi connectivity index (χ4v) is 5.88. The van der Waals surface area contributed by atoms with Gasteiger partial charge in [-0.25, -0.2) is 22.2 Å². The number of halogens is 5. The monoisotopic (exact) mass is 682 g/mol. The fraction of sp³-hybridized carbons (Fsp3) is 0.222. The molecular formula is C27H23BrClF3N6O3S. The van der Waals surface area contributed by atoms with Crippen LogP contribution in [0.15, 0.2) is 57.8 Å². The van der Waals surface area contributed by atoms with Gasteiger partial charge in [-0.15, -0.1) is 0 Å². The molecular weight excluding hydrogens is 661 g/mol. The summed E-state index contributed by atoms with van der Waals surface area (Å²) in [6.07, 6.45) is 0.899.